The summed E-state index contributed by atoms with van der Waals surface area (Å²) in [7, 11) is 3.11. The molecule has 0 radical (unpaired) electrons. The van der Waals surface area contributed by atoms with Gasteiger partial charge in [-0.15, -0.1) is 0 Å². The van der Waals surface area contributed by atoms with Crippen LogP contribution in [0.4, 0.5) is 0 Å². The van der Waals surface area contributed by atoms with E-state index in [2.05, 4.69) is 0 Å². The molecule has 0 unspecified atom stereocenters. The van der Waals surface area contributed by atoms with Crippen LogP contribution >= 0.6 is 0 Å². The van der Waals surface area contributed by atoms with Gasteiger partial charge in [0.25, 0.3) is 11.7 Å². The molecule has 170 valence electrons. The summed E-state index contributed by atoms with van der Waals surface area (Å²) in [6, 6.07) is 11.7. The van der Waals surface area contributed by atoms with Crippen LogP contribution in [-0.2, 0) is 14.3 Å². The first-order valence-corrected chi connectivity index (χ1v) is 10.6. The lowest BCUT2D eigenvalue weighted by atomic mass is 9.94. The molecule has 2 aromatic carbocycles. The molecule has 1 fully saturated rings. The first-order chi connectivity index (χ1) is 15.4. The number of hydrogen-bond acceptors (Lipinski definition) is 6. The number of hydrogen-bond donors (Lipinski definition) is 1. The summed E-state index contributed by atoms with van der Waals surface area (Å²) >= 11 is 0. The van der Waals surface area contributed by atoms with Crippen molar-refractivity contribution < 1.29 is 28.9 Å². The lowest BCUT2D eigenvalue weighted by molar-refractivity contribution is -0.140. The Kier molecular flexibility index (Phi) is 7.53. The maximum absolute atomic E-state index is 13.0. The Morgan fingerprint density at radius 1 is 1.06 bits per heavy atom. The zero-order chi connectivity index (χ0) is 23.3. The van der Waals surface area contributed by atoms with Crippen LogP contribution in [0.5, 0.6) is 11.5 Å². The molecule has 1 aliphatic rings. The Hall–Kier alpha value is -3.32. The van der Waals surface area contributed by atoms with E-state index in [1.165, 1.54) is 12.0 Å². The molecular weight excluding hydrogens is 410 g/mol. The largest absolute Gasteiger partial charge is 0.507 e. The average Bonchev–Trinajstić information content (AvgIpc) is 3.05. The smallest absolute Gasteiger partial charge is 0.295 e. The molecule has 1 N–H and O–H groups in total. The number of nitrogens with zero attached hydrogens (tertiary/aromatic N) is 1. The van der Waals surface area contributed by atoms with Crippen LogP contribution in [0.2, 0.25) is 0 Å². The summed E-state index contributed by atoms with van der Waals surface area (Å²) in [5, 5.41) is 11.1. The second kappa shape index (κ2) is 10.3. The van der Waals surface area contributed by atoms with Crippen molar-refractivity contribution in [1.82, 2.24) is 4.90 Å². The third-order valence-electron chi connectivity index (χ3n) is 5.42. The Morgan fingerprint density at radius 2 is 1.78 bits per heavy atom. The van der Waals surface area contributed by atoms with Crippen molar-refractivity contribution in [2.75, 3.05) is 34.0 Å². The van der Waals surface area contributed by atoms with Crippen molar-refractivity contribution >= 4 is 17.4 Å². The van der Waals surface area contributed by atoms with Crippen LogP contribution in [-0.4, -0.2) is 55.7 Å². The van der Waals surface area contributed by atoms with Crippen molar-refractivity contribution in [1.29, 1.82) is 0 Å². The van der Waals surface area contributed by atoms with Crippen molar-refractivity contribution in [3.63, 3.8) is 0 Å². The lowest BCUT2D eigenvalue weighted by Crippen LogP contribution is -2.31. The molecule has 0 aliphatic carbocycles. The molecule has 0 saturated carbocycles. The monoisotopic (exact) mass is 439 g/mol. The van der Waals surface area contributed by atoms with Gasteiger partial charge in [-0.05, 0) is 38.0 Å². The first-order valence-electron chi connectivity index (χ1n) is 10.6. The van der Waals surface area contributed by atoms with Crippen LogP contribution < -0.4 is 9.47 Å². The zero-order valence-corrected chi connectivity index (χ0v) is 18.9. The minimum Gasteiger partial charge on any atom is -0.507 e. The number of carbonyl (C=O) groups is 2. The highest BCUT2D eigenvalue weighted by Crippen LogP contribution is 2.42. The van der Waals surface area contributed by atoms with E-state index in [4.69, 9.17) is 14.2 Å². The number of ether oxygens (including phenoxy) is 3. The second-order valence-electron chi connectivity index (χ2n) is 7.55. The van der Waals surface area contributed by atoms with E-state index in [-0.39, 0.29) is 11.3 Å². The Bertz CT molecular complexity index is 1010. The Labute approximate surface area is 188 Å². The van der Waals surface area contributed by atoms with Crippen molar-refractivity contribution in [3.05, 3.63) is 64.7 Å². The maximum Gasteiger partial charge on any atom is 0.295 e. The molecule has 0 bridgehead atoms. The fraction of sp³-hybridized carbons (Fsp3) is 0.360. The quantitative estimate of drug-likeness (QED) is 0.276. The van der Waals surface area contributed by atoms with Crippen LogP contribution in [0.25, 0.3) is 5.76 Å². The average molecular weight is 440 g/mol. The fourth-order valence-corrected chi connectivity index (χ4v) is 3.83. The summed E-state index contributed by atoms with van der Waals surface area (Å²) < 4.78 is 16.2. The number of likely N-dealkylation sites (tertiary alicyclic amines) is 1. The summed E-state index contributed by atoms with van der Waals surface area (Å²) in [5.74, 6) is -0.503. The predicted molar refractivity (Wildman–Crippen MR) is 121 cm³/mol. The van der Waals surface area contributed by atoms with E-state index in [1.54, 1.807) is 37.4 Å². The van der Waals surface area contributed by atoms with Gasteiger partial charge in [-0.25, -0.2) is 0 Å². The molecule has 1 saturated heterocycles. The molecule has 3 rings (SSSR count). The summed E-state index contributed by atoms with van der Waals surface area (Å²) in [6.45, 7) is 5.03. The number of ketones is 1. The van der Waals surface area contributed by atoms with Gasteiger partial charge in [0.05, 0.1) is 25.3 Å². The molecule has 0 spiro atoms. The van der Waals surface area contributed by atoms with E-state index in [1.807, 2.05) is 26.0 Å². The van der Waals surface area contributed by atoms with Gasteiger partial charge in [-0.3, -0.25) is 9.59 Å². The second-order valence-corrected chi connectivity index (χ2v) is 7.55. The van der Waals surface area contributed by atoms with E-state index in [9.17, 15) is 14.7 Å². The highest BCUT2D eigenvalue weighted by atomic mass is 16.5. The first kappa shape index (κ1) is 23.3. The molecule has 0 aromatic heterocycles. The summed E-state index contributed by atoms with van der Waals surface area (Å²) in [4.78, 5) is 27.5. The highest BCUT2D eigenvalue weighted by molar-refractivity contribution is 6.46. The number of amides is 1. The van der Waals surface area contributed by atoms with E-state index < -0.39 is 17.7 Å². The van der Waals surface area contributed by atoms with Gasteiger partial charge < -0.3 is 24.2 Å². The van der Waals surface area contributed by atoms with Gasteiger partial charge in [0.15, 0.2) is 11.5 Å². The maximum atomic E-state index is 13.0. The van der Waals surface area contributed by atoms with Gasteiger partial charge in [-0.2, -0.15) is 0 Å². The number of Topliss-reactive ketones (excluding diaryl/α,β-unsaturated/α-hetero) is 1. The molecular formula is C25H29NO6. The molecule has 1 heterocycles. The number of rotatable bonds is 9. The van der Waals surface area contributed by atoms with Gasteiger partial charge in [0.2, 0.25) is 0 Å². The van der Waals surface area contributed by atoms with E-state index in [0.29, 0.717) is 48.8 Å². The number of benzene rings is 2. The SMILES string of the molecule is CCOc1ccc([C@H]2/C(=C(\O)c3ccc(C)cc3)C(=O)C(=O)N2CCCOC)cc1OC. The Morgan fingerprint density at radius 3 is 2.41 bits per heavy atom. The molecule has 32 heavy (non-hydrogen) atoms. The third kappa shape index (κ3) is 4.62. The number of carbonyl (C=O) groups excluding carboxylic acids is 2. The van der Waals surface area contributed by atoms with Crippen molar-refractivity contribution in [2.24, 2.45) is 0 Å². The van der Waals surface area contributed by atoms with Gasteiger partial charge in [0.1, 0.15) is 5.76 Å². The van der Waals surface area contributed by atoms with Crippen molar-refractivity contribution in [3.8, 4) is 11.5 Å². The molecule has 1 aliphatic heterocycles. The lowest BCUT2D eigenvalue weighted by Gasteiger charge is -2.26. The molecule has 2 aromatic rings. The highest BCUT2D eigenvalue weighted by Gasteiger charge is 2.46. The van der Waals surface area contributed by atoms with Crippen LogP contribution in [0.3, 0.4) is 0 Å². The van der Waals surface area contributed by atoms with Crippen molar-refractivity contribution in [2.45, 2.75) is 26.3 Å². The molecule has 1 amide bonds. The van der Waals surface area contributed by atoms with Gasteiger partial charge in [0, 0.05) is 25.8 Å². The third-order valence-corrected chi connectivity index (χ3v) is 5.42. The molecule has 7 heteroatoms. The predicted octanol–water partition coefficient (Wildman–Crippen LogP) is 3.86. The van der Waals surface area contributed by atoms with Crippen LogP contribution in [0.15, 0.2) is 48.0 Å². The fourth-order valence-electron chi connectivity index (χ4n) is 3.83. The minimum absolute atomic E-state index is 0.0579. The van der Waals surface area contributed by atoms with Crippen LogP contribution in [0.1, 0.15) is 36.1 Å². The number of aliphatic hydroxyl groups is 1. The standard InChI is InChI=1S/C25H29NO6/c1-5-32-19-12-11-18(15-20(19)31-4)22-21(23(27)17-9-7-16(2)8-10-17)24(28)25(29)26(22)13-6-14-30-3/h7-12,15,22,27H,5-6,13-14H2,1-4H3/b23-21+/t22-/m0/s1. The van der Waals surface area contributed by atoms with E-state index >= 15 is 0 Å². The van der Waals surface area contributed by atoms with Gasteiger partial charge in [-0.1, -0.05) is 35.9 Å². The number of aryl methyl sites for hydroxylation is 1. The van der Waals surface area contributed by atoms with E-state index in [0.717, 1.165) is 5.56 Å². The Balaban J connectivity index is 2.14. The molecule has 1 atom stereocenters. The number of aliphatic hydroxyl groups excluding tert-OH is 1. The minimum atomic E-state index is -0.752. The zero-order valence-electron chi connectivity index (χ0n) is 18.9. The summed E-state index contributed by atoms with van der Waals surface area (Å²) in [6.07, 6.45) is 0.554. The topological polar surface area (TPSA) is 85.3 Å². The normalized spacial score (nSPS) is 17.6. The van der Waals surface area contributed by atoms with Crippen LogP contribution in [0, 0.1) is 6.92 Å². The van der Waals surface area contributed by atoms with Gasteiger partial charge >= 0.3 is 0 Å². The molecule has 7 nitrogen and oxygen atoms in total. The number of methoxy groups -OCH3 is 2. The summed E-state index contributed by atoms with van der Waals surface area (Å²) in [5.41, 5.74) is 2.21.